The van der Waals surface area contributed by atoms with Crippen LogP contribution >= 0.6 is 15.9 Å². The Labute approximate surface area is 141 Å². The summed E-state index contributed by atoms with van der Waals surface area (Å²) in [5.74, 6) is -0.288. The molecule has 5 nitrogen and oxygen atoms in total. The molecule has 0 fully saturated rings. The number of hydrogen-bond acceptors (Lipinski definition) is 2. The third-order valence-corrected chi connectivity index (χ3v) is 3.83. The maximum Gasteiger partial charge on any atom is 0.319 e. The maximum absolute atomic E-state index is 13.6. The number of urea groups is 1. The molecule has 0 bridgehead atoms. The van der Waals surface area contributed by atoms with Gasteiger partial charge in [-0.05, 0) is 47.0 Å². The number of amides is 2. The highest BCUT2D eigenvalue weighted by Gasteiger charge is 2.11. The van der Waals surface area contributed by atoms with Gasteiger partial charge in [0.05, 0.1) is 10.2 Å². The molecule has 1 unspecified atom stereocenters. The van der Waals surface area contributed by atoms with E-state index in [1.54, 1.807) is 32.2 Å². The largest absolute Gasteiger partial charge is 0.335 e. The Morgan fingerprint density at radius 2 is 2.09 bits per heavy atom. The van der Waals surface area contributed by atoms with Gasteiger partial charge in [0.15, 0.2) is 0 Å². The van der Waals surface area contributed by atoms with Crippen LogP contribution in [0.4, 0.5) is 14.9 Å². The van der Waals surface area contributed by atoms with Gasteiger partial charge in [-0.2, -0.15) is 0 Å². The standard InChI is InChI=1S/C16H17BrFN3O2/c1-10(7-11-5-3-4-6-14(11)18)19-16(23)20-12-8-13(17)15(22)21(2)9-12/h3-6,8-10H,7H2,1-2H3,(H2,19,20,23). The van der Waals surface area contributed by atoms with Crippen molar-refractivity contribution in [2.45, 2.75) is 19.4 Å². The number of hydrogen-bond donors (Lipinski definition) is 2. The summed E-state index contributed by atoms with van der Waals surface area (Å²) in [6.07, 6.45) is 1.91. The molecule has 0 spiro atoms. The normalized spacial score (nSPS) is 11.8. The van der Waals surface area contributed by atoms with Crippen molar-refractivity contribution < 1.29 is 9.18 Å². The van der Waals surface area contributed by atoms with Crippen LogP contribution in [0.2, 0.25) is 0 Å². The van der Waals surface area contributed by atoms with Crippen LogP contribution in [-0.4, -0.2) is 16.6 Å². The van der Waals surface area contributed by atoms with E-state index in [0.29, 0.717) is 22.1 Å². The number of anilines is 1. The number of rotatable bonds is 4. The van der Waals surface area contributed by atoms with Gasteiger partial charge in [0.1, 0.15) is 5.82 Å². The van der Waals surface area contributed by atoms with Crippen LogP contribution in [0.15, 0.2) is 45.8 Å². The van der Waals surface area contributed by atoms with Crippen LogP contribution in [0.3, 0.4) is 0 Å². The monoisotopic (exact) mass is 381 g/mol. The Balaban J connectivity index is 1.97. The second kappa shape index (κ2) is 7.41. The second-order valence-corrected chi connectivity index (χ2v) is 6.14. The van der Waals surface area contributed by atoms with E-state index in [1.807, 2.05) is 0 Å². The number of aromatic nitrogens is 1. The lowest BCUT2D eigenvalue weighted by Crippen LogP contribution is -2.37. The van der Waals surface area contributed by atoms with E-state index in [4.69, 9.17) is 0 Å². The SMILES string of the molecule is CC(Cc1ccccc1F)NC(=O)Nc1cc(Br)c(=O)n(C)c1. The summed E-state index contributed by atoms with van der Waals surface area (Å²) in [7, 11) is 1.59. The minimum absolute atomic E-state index is 0.191. The van der Waals surface area contributed by atoms with Crippen LogP contribution in [0.1, 0.15) is 12.5 Å². The van der Waals surface area contributed by atoms with Gasteiger partial charge in [-0.15, -0.1) is 0 Å². The Kier molecular flexibility index (Phi) is 5.54. The number of carbonyl (C=O) groups excluding carboxylic acids is 1. The quantitative estimate of drug-likeness (QED) is 0.854. The number of pyridine rings is 1. The van der Waals surface area contributed by atoms with E-state index < -0.39 is 6.03 Å². The Bertz CT molecular complexity index is 750. The van der Waals surface area contributed by atoms with Gasteiger partial charge >= 0.3 is 6.03 Å². The topological polar surface area (TPSA) is 63.1 Å². The molecule has 0 saturated carbocycles. The van der Waals surface area contributed by atoms with Gasteiger partial charge in [0.2, 0.25) is 0 Å². The lowest BCUT2D eigenvalue weighted by atomic mass is 10.1. The van der Waals surface area contributed by atoms with Crippen molar-refractivity contribution in [2.75, 3.05) is 5.32 Å². The Hall–Kier alpha value is -2.15. The Morgan fingerprint density at radius 3 is 2.74 bits per heavy atom. The van der Waals surface area contributed by atoms with Crippen LogP contribution in [0, 0.1) is 5.82 Å². The molecule has 2 rings (SSSR count). The lowest BCUT2D eigenvalue weighted by Gasteiger charge is -2.15. The highest BCUT2D eigenvalue weighted by atomic mass is 79.9. The van der Waals surface area contributed by atoms with E-state index in [-0.39, 0.29) is 17.4 Å². The molecule has 1 atom stereocenters. The van der Waals surface area contributed by atoms with E-state index >= 15 is 0 Å². The van der Waals surface area contributed by atoms with Gasteiger partial charge in [-0.25, -0.2) is 9.18 Å². The van der Waals surface area contributed by atoms with Crippen LogP contribution in [-0.2, 0) is 13.5 Å². The summed E-state index contributed by atoms with van der Waals surface area (Å²) in [4.78, 5) is 23.6. The zero-order valence-corrected chi connectivity index (χ0v) is 14.4. The zero-order valence-electron chi connectivity index (χ0n) is 12.8. The first-order valence-electron chi connectivity index (χ1n) is 7.04. The number of halogens is 2. The van der Waals surface area contributed by atoms with Gasteiger partial charge in [0, 0.05) is 19.3 Å². The Morgan fingerprint density at radius 1 is 1.39 bits per heavy atom. The molecule has 1 aromatic carbocycles. The molecule has 1 aromatic heterocycles. The molecule has 2 aromatic rings. The van der Waals surface area contributed by atoms with Crippen molar-refractivity contribution in [3.8, 4) is 0 Å². The first-order chi connectivity index (χ1) is 10.9. The molecule has 122 valence electrons. The average Bonchev–Trinajstić information content (AvgIpc) is 2.47. The third-order valence-electron chi connectivity index (χ3n) is 3.26. The summed E-state index contributed by atoms with van der Waals surface area (Å²) >= 11 is 3.14. The fraction of sp³-hybridized carbons (Fsp3) is 0.250. The number of nitrogens with zero attached hydrogens (tertiary/aromatic N) is 1. The first-order valence-corrected chi connectivity index (χ1v) is 7.83. The molecule has 0 saturated heterocycles. The predicted octanol–water partition coefficient (Wildman–Crippen LogP) is 3.04. The first kappa shape index (κ1) is 17.2. The summed E-state index contributed by atoms with van der Waals surface area (Å²) in [5.41, 5.74) is 0.837. The van der Waals surface area contributed by atoms with Crippen molar-refractivity contribution in [1.82, 2.24) is 9.88 Å². The van der Waals surface area contributed by atoms with E-state index in [2.05, 4.69) is 26.6 Å². The van der Waals surface area contributed by atoms with Crippen molar-refractivity contribution in [3.05, 3.63) is 62.7 Å². The van der Waals surface area contributed by atoms with Crippen molar-refractivity contribution in [3.63, 3.8) is 0 Å². The molecule has 7 heteroatoms. The van der Waals surface area contributed by atoms with E-state index in [0.717, 1.165) is 0 Å². The van der Waals surface area contributed by atoms with Gasteiger partial charge in [0.25, 0.3) is 5.56 Å². The molecule has 0 radical (unpaired) electrons. The summed E-state index contributed by atoms with van der Waals surface area (Å²) in [6.45, 7) is 1.79. The van der Waals surface area contributed by atoms with E-state index in [9.17, 15) is 14.0 Å². The highest BCUT2D eigenvalue weighted by molar-refractivity contribution is 9.10. The molecule has 23 heavy (non-hydrogen) atoms. The number of aryl methyl sites for hydroxylation is 1. The summed E-state index contributed by atoms with van der Waals surface area (Å²) < 4.78 is 15.3. The zero-order chi connectivity index (χ0) is 17.0. The van der Waals surface area contributed by atoms with Crippen molar-refractivity contribution in [2.24, 2.45) is 7.05 Å². The smallest absolute Gasteiger partial charge is 0.319 e. The summed E-state index contributed by atoms with van der Waals surface area (Å²) in [6, 6.07) is 7.33. The average molecular weight is 382 g/mol. The van der Waals surface area contributed by atoms with Crippen molar-refractivity contribution >= 4 is 27.6 Å². The molecule has 0 aliphatic rings. The maximum atomic E-state index is 13.6. The number of carbonyl (C=O) groups is 1. The van der Waals surface area contributed by atoms with Crippen molar-refractivity contribution in [1.29, 1.82) is 0 Å². The van der Waals surface area contributed by atoms with Gasteiger partial charge in [-0.1, -0.05) is 18.2 Å². The van der Waals surface area contributed by atoms with Gasteiger partial charge in [-0.3, -0.25) is 4.79 Å². The van der Waals surface area contributed by atoms with E-state index in [1.165, 1.54) is 22.9 Å². The molecule has 0 aliphatic heterocycles. The molecule has 0 aliphatic carbocycles. The fourth-order valence-electron chi connectivity index (χ4n) is 2.18. The minimum Gasteiger partial charge on any atom is -0.335 e. The molecule has 2 amide bonds. The van der Waals surface area contributed by atoms with Gasteiger partial charge < -0.3 is 15.2 Å². The fourth-order valence-corrected chi connectivity index (χ4v) is 2.70. The highest BCUT2D eigenvalue weighted by Crippen LogP contribution is 2.12. The second-order valence-electron chi connectivity index (χ2n) is 5.29. The molecule has 1 heterocycles. The number of benzene rings is 1. The van der Waals surface area contributed by atoms with Crippen LogP contribution in [0.25, 0.3) is 0 Å². The summed E-state index contributed by atoms with van der Waals surface area (Å²) in [5, 5.41) is 5.39. The predicted molar refractivity (Wildman–Crippen MR) is 91.1 cm³/mol. The lowest BCUT2D eigenvalue weighted by molar-refractivity contribution is 0.249. The molecular formula is C16H17BrFN3O2. The third kappa shape index (κ3) is 4.66. The van der Waals surface area contributed by atoms with Crippen LogP contribution < -0.4 is 16.2 Å². The molecular weight excluding hydrogens is 365 g/mol. The van der Waals surface area contributed by atoms with Crippen LogP contribution in [0.5, 0.6) is 0 Å². The minimum atomic E-state index is -0.417. The molecule has 2 N–H and O–H groups in total. The number of nitrogens with one attached hydrogen (secondary N) is 2.